The molecule has 4 N–H and O–H groups in total. The van der Waals surface area contributed by atoms with Crippen LogP contribution in [0.25, 0.3) is 0 Å². The highest BCUT2D eigenvalue weighted by Crippen LogP contribution is 2.55. The third-order valence-electron chi connectivity index (χ3n) is 6.02. The molecule has 0 aliphatic rings. The first-order valence-electron chi connectivity index (χ1n) is 11.5. The molecule has 0 aliphatic carbocycles. The van der Waals surface area contributed by atoms with Gasteiger partial charge < -0.3 is 20.9 Å². The first kappa shape index (κ1) is 25.4. The van der Waals surface area contributed by atoms with E-state index in [4.69, 9.17) is 11.1 Å². The van der Waals surface area contributed by atoms with Crippen LogP contribution in [0.3, 0.4) is 0 Å². The fourth-order valence-electron chi connectivity index (χ4n) is 4.06. The van der Waals surface area contributed by atoms with Crippen LogP contribution in [0, 0.1) is 5.41 Å². The molecule has 0 bridgehead atoms. The van der Waals surface area contributed by atoms with Crippen molar-refractivity contribution >= 4 is 35.0 Å². The summed E-state index contributed by atoms with van der Waals surface area (Å²) in [5.41, 5.74) is 5.41. The lowest BCUT2D eigenvalue weighted by Crippen LogP contribution is -2.43. The molecule has 0 unspecified atom stereocenters. The van der Waals surface area contributed by atoms with E-state index in [-0.39, 0.29) is 18.4 Å². The summed E-state index contributed by atoms with van der Waals surface area (Å²) < 4.78 is 0. The Morgan fingerprint density at radius 1 is 0.824 bits per heavy atom. The van der Waals surface area contributed by atoms with Gasteiger partial charge in [0, 0.05) is 26.7 Å². The van der Waals surface area contributed by atoms with Crippen molar-refractivity contribution in [2.75, 3.05) is 46.4 Å². The third-order valence-corrected chi connectivity index (χ3v) is 10.4. The third kappa shape index (κ3) is 6.43. The van der Waals surface area contributed by atoms with Gasteiger partial charge in [-0.3, -0.25) is 10.2 Å². The van der Waals surface area contributed by atoms with Gasteiger partial charge in [-0.25, -0.2) is 0 Å². The van der Waals surface area contributed by atoms with E-state index in [0.29, 0.717) is 6.54 Å². The maximum absolute atomic E-state index is 12.1. The van der Waals surface area contributed by atoms with E-state index in [0.717, 1.165) is 19.3 Å². The number of likely N-dealkylation sites (N-methyl/N-ethyl adjacent to an activating group) is 2. The molecule has 3 aromatic carbocycles. The molecule has 0 saturated carbocycles. The van der Waals surface area contributed by atoms with Gasteiger partial charge in [-0.1, -0.05) is 54.6 Å². The molecular formula is C27H35N5OP+. The molecule has 0 heterocycles. The van der Waals surface area contributed by atoms with Gasteiger partial charge in [-0.2, -0.15) is 0 Å². The van der Waals surface area contributed by atoms with Crippen LogP contribution in [-0.4, -0.2) is 68.1 Å². The second-order valence-corrected chi connectivity index (χ2v) is 12.1. The number of nitrogens with one attached hydrogen (secondary N) is 2. The van der Waals surface area contributed by atoms with Gasteiger partial charge in [-0.15, -0.1) is 0 Å². The molecular weight excluding hydrogens is 441 g/mol. The Balaban J connectivity index is 1.77. The van der Waals surface area contributed by atoms with Crippen molar-refractivity contribution in [1.29, 1.82) is 5.41 Å². The maximum atomic E-state index is 12.1. The summed E-state index contributed by atoms with van der Waals surface area (Å²) in [4.78, 5) is 15.8. The SMILES string of the molecule is CN(CCNC(=O)CN(C)C(=N)N)CC[P+](c1ccccc1)(c1ccccc1)c1ccccc1. The van der Waals surface area contributed by atoms with Crippen LogP contribution in [0.1, 0.15) is 0 Å². The zero-order valence-corrected chi connectivity index (χ0v) is 20.9. The smallest absolute Gasteiger partial charge is 0.239 e. The Hall–Kier alpha value is -3.21. The standard InChI is InChI=1S/C27H34N5OP/c1-31(19-18-30-26(33)22-32(2)27(28)29)20-21-34(23-12-6-3-7-13-23,24-14-8-4-9-15-24)25-16-10-5-11-17-25/h3-17H,18-22H2,1-2H3,(H3-,28,29,30,33)/p+1. The van der Waals surface area contributed by atoms with Crippen molar-refractivity contribution in [3.05, 3.63) is 91.0 Å². The Morgan fingerprint density at radius 2 is 1.26 bits per heavy atom. The fourth-order valence-corrected chi connectivity index (χ4v) is 8.41. The summed E-state index contributed by atoms with van der Waals surface area (Å²) in [5, 5.41) is 14.4. The van der Waals surface area contributed by atoms with Crippen molar-refractivity contribution < 1.29 is 4.79 Å². The molecule has 178 valence electrons. The van der Waals surface area contributed by atoms with Gasteiger partial charge in [0.05, 0.1) is 12.7 Å². The van der Waals surface area contributed by atoms with Crippen LogP contribution >= 0.6 is 7.26 Å². The summed E-state index contributed by atoms with van der Waals surface area (Å²) in [6, 6.07) is 32.6. The average molecular weight is 477 g/mol. The molecule has 34 heavy (non-hydrogen) atoms. The first-order chi connectivity index (χ1) is 16.4. The lowest BCUT2D eigenvalue weighted by molar-refractivity contribution is -0.121. The van der Waals surface area contributed by atoms with Gasteiger partial charge in [-0.05, 0) is 43.4 Å². The molecule has 0 aromatic heterocycles. The first-order valence-corrected chi connectivity index (χ1v) is 13.5. The van der Waals surface area contributed by atoms with E-state index in [1.54, 1.807) is 7.05 Å². The molecule has 6 nitrogen and oxygen atoms in total. The second kappa shape index (κ2) is 12.3. The molecule has 0 atom stereocenters. The lowest BCUT2D eigenvalue weighted by Gasteiger charge is -2.29. The topological polar surface area (TPSA) is 85.5 Å². The number of nitrogens with zero attached hydrogens (tertiary/aromatic N) is 2. The van der Waals surface area contributed by atoms with Crippen molar-refractivity contribution in [2.24, 2.45) is 5.73 Å². The summed E-state index contributed by atoms with van der Waals surface area (Å²) >= 11 is 0. The number of carbonyl (C=O) groups excluding carboxylic acids is 1. The molecule has 1 amide bonds. The van der Waals surface area contributed by atoms with E-state index < -0.39 is 7.26 Å². The largest absolute Gasteiger partial charge is 0.370 e. The quantitative estimate of drug-likeness (QED) is 0.224. The van der Waals surface area contributed by atoms with Crippen molar-refractivity contribution in [3.63, 3.8) is 0 Å². The summed E-state index contributed by atoms with van der Waals surface area (Å²) in [6.07, 6.45) is 1.00. The Kier molecular flexibility index (Phi) is 9.20. The number of carbonyl (C=O) groups is 1. The van der Waals surface area contributed by atoms with Crippen LogP contribution in [0.15, 0.2) is 91.0 Å². The number of hydrogen-bond acceptors (Lipinski definition) is 3. The number of rotatable bonds is 11. The molecule has 0 fully saturated rings. The fraction of sp³-hybridized carbons (Fsp3) is 0.259. The summed E-state index contributed by atoms with van der Waals surface area (Å²) in [5.74, 6) is -0.249. The van der Waals surface area contributed by atoms with Crippen LogP contribution < -0.4 is 27.0 Å². The second-order valence-electron chi connectivity index (χ2n) is 8.43. The minimum atomic E-state index is -1.86. The molecule has 0 aliphatic heterocycles. The van der Waals surface area contributed by atoms with Gasteiger partial charge in [0.15, 0.2) is 5.96 Å². The van der Waals surface area contributed by atoms with Gasteiger partial charge in [0.25, 0.3) is 0 Å². The van der Waals surface area contributed by atoms with Crippen LogP contribution in [0.5, 0.6) is 0 Å². The lowest BCUT2D eigenvalue weighted by atomic mass is 10.4. The van der Waals surface area contributed by atoms with E-state index >= 15 is 0 Å². The number of amides is 1. The zero-order valence-electron chi connectivity index (χ0n) is 20.0. The normalized spacial score (nSPS) is 11.3. The highest BCUT2D eigenvalue weighted by molar-refractivity contribution is 7.95. The Morgan fingerprint density at radius 3 is 1.68 bits per heavy atom. The van der Waals surface area contributed by atoms with Crippen molar-refractivity contribution in [3.8, 4) is 0 Å². The molecule has 0 spiro atoms. The van der Waals surface area contributed by atoms with Crippen LogP contribution in [0.2, 0.25) is 0 Å². The van der Waals surface area contributed by atoms with Crippen LogP contribution in [-0.2, 0) is 4.79 Å². The van der Waals surface area contributed by atoms with E-state index in [2.05, 4.69) is 108 Å². The maximum Gasteiger partial charge on any atom is 0.239 e. The van der Waals surface area contributed by atoms with Crippen molar-refractivity contribution in [2.45, 2.75) is 0 Å². The predicted octanol–water partition coefficient (Wildman–Crippen LogP) is 1.85. The van der Waals surface area contributed by atoms with Gasteiger partial charge in [0.1, 0.15) is 23.2 Å². The van der Waals surface area contributed by atoms with Gasteiger partial charge in [0.2, 0.25) is 5.91 Å². The molecule has 3 rings (SSSR count). The number of hydrogen-bond donors (Lipinski definition) is 3. The molecule has 7 heteroatoms. The number of nitrogens with two attached hydrogens (primary N) is 1. The average Bonchev–Trinajstić information content (AvgIpc) is 2.86. The summed E-state index contributed by atoms with van der Waals surface area (Å²) in [7, 11) is 1.87. The highest BCUT2D eigenvalue weighted by atomic mass is 31.2. The van der Waals surface area contributed by atoms with E-state index in [1.165, 1.54) is 20.8 Å². The van der Waals surface area contributed by atoms with Crippen LogP contribution in [0.4, 0.5) is 0 Å². The highest BCUT2D eigenvalue weighted by Gasteiger charge is 2.44. The predicted molar refractivity (Wildman–Crippen MR) is 145 cm³/mol. The Bertz CT molecular complexity index is 950. The minimum absolute atomic E-state index is 0.0870. The molecule has 3 aromatic rings. The number of guanidine groups is 1. The molecule has 0 radical (unpaired) electrons. The molecule has 0 saturated heterocycles. The van der Waals surface area contributed by atoms with Crippen molar-refractivity contribution in [1.82, 2.24) is 15.1 Å². The van der Waals surface area contributed by atoms with Gasteiger partial charge >= 0.3 is 0 Å². The van der Waals surface area contributed by atoms with E-state index in [9.17, 15) is 4.79 Å². The summed E-state index contributed by atoms with van der Waals surface area (Å²) in [6.45, 7) is 2.28. The number of benzene rings is 3. The van der Waals surface area contributed by atoms with E-state index in [1.807, 2.05) is 0 Å². The monoisotopic (exact) mass is 476 g/mol. The minimum Gasteiger partial charge on any atom is -0.370 e. The zero-order chi connectivity index (χ0) is 24.4. The Labute approximate surface area is 203 Å².